The highest BCUT2D eigenvalue weighted by Crippen LogP contribution is 2.39. The Bertz CT molecular complexity index is 1520. The molecule has 1 aliphatic carbocycles. The van der Waals surface area contributed by atoms with Crippen molar-refractivity contribution in [2.24, 2.45) is 0 Å². The topological polar surface area (TPSA) is 90.5 Å². The zero-order valence-electron chi connectivity index (χ0n) is 23.4. The molecule has 0 bridgehead atoms. The Hall–Kier alpha value is -3.46. The summed E-state index contributed by atoms with van der Waals surface area (Å²) in [5.41, 5.74) is 5.22. The Kier molecular flexibility index (Phi) is 8.23. The lowest BCUT2D eigenvalue weighted by atomic mass is 9.96. The van der Waals surface area contributed by atoms with Crippen LogP contribution in [0.3, 0.4) is 0 Å². The Morgan fingerprint density at radius 3 is 2.29 bits per heavy atom. The van der Waals surface area contributed by atoms with Crippen molar-refractivity contribution in [1.82, 2.24) is 9.62 Å². The summed E-state index contributed by atoms with van der Waals surface area (Å²) in [5.74, 6) is -0.261. The molecule has 2 heterocycles. The molecule has 2 fully saturated rings. The number of carbonyl (C=O) groups is 1. The average Bonchev–Trinajstić information content (AvgIpc) is 3.33. The van der Waals surface area contributed by atoms with Crippen LogP contribution in [0, 0.1) is 0 Å². The first-order chi connectivity index (χ1) is 20.0. The van der Waals surface area contributed by atoms with Crippen molar-refractivity contribution >= 4 is 38.6 Å². The number of amides is 1. The van der Waals surface area contributed by atoms with E-state index in [0.29, 0.717) is 22.5 Å². The van der Waals surface area contributed by atoms with Crippen LogP contribution >= 0.6 is 0 Å². The fourth-order valence-corrected chi connectivity index (χ4v) is 7.50. The Balaban J connectivity index is 1.33. The summed E-state index contributed by atoms with van der Waals surface area (Å²) in [5, 5.41) is 6.44. The lowest BCUT2D eigenvalue weighted by Gasteiger charge is -2.26. The van der Waals surface area contributed by atoms with Gasteiger partial charge in [-0.15, -0.1) is 0 Å². The van der Waals surface area contributed by atoms with Gasteiger partial charge in [-0.1, -0.05) is 68.1 Å². The highest BCUT2D eigenvalue weighted by Gasteiger charge is 2.31. The van der Waals surface area contributed by atoms with E-state index in [4.69, 9.17) is 0 Å². The molecule has 0 aromatic heterocycles. The number of rotatable bonds is 8. The second kappa shape index (κ2) is 12.2. The normalized spacial score (nSPS) is 19.5. The first-order valence-corrected chi connectivity index (χ1v) is 16.3. The van der Waals surface area contributed by atoms with E-state index < -0.39 is 10.0 Å². The van der Waals surface area contributed by atoms with Gasteiger partial charge in [0, 0.05) is 29.5 Å². The van der Waals surface area contributed by atoms with Gasteiger partial charge in [0.25, 0.3) is 5.91 Å². The predicted octanol–water partition coefficient (Wildman–Crippen LogP) is 6.22. The molecule has 41 heavy (non-hydrogen) atoms. The lowest BCUT2D eigenvalue weighted by molar-refractivity contribution is -0.110. The van der Waals surface area contributed by atoms with Gasteiger partial charge in [0.05, 0.1) is 16.2 Å². The van der Waals surface area contributed by atoms with Gasteiger partial charge >= 0.3 is 0 Å². The van der Waals surface area contributed by atoms with E-state index in [1.165, 1.54) is 24.8 Å². The van der Waals surface area contributed by atoms with Crippen LogP contribution in [0.2, 0.25) is 0 Å². The number of anilines is 2. The molecule has 1 saturated heterocycles. The van der Waals surface area contributed by atoms with E-state index in [2.05, 4.69) is 32.4 Å². The number of hydrogen-bond acceptors (Lipinski definition) is 5. The van der Waals surface area contributed by atoms with E-state index in [1.54, 1.807) is 18.2 Å². The molecule has 3 N–H and O–H groups in total. The molecular weight excluding hydrogens is 532 g/mol. The first kappa shape index (κ1) is 27.7. The van der Waals surface area contributed by atoms with E-state index in [-0.39, 0.29) is 16.8 Å². The highest BCUT2D eigenvalue weighted by atomic mass is 32.2. The molecule has 8 heteroatoms. The quantitative estimate of drug-likeness (QED) is 0.280. The van der Waals surface area contributed by atoms with E-state index in [0.717, 1.165) is 63.0 Å². The maximum Gasteiger partial charge on any atom is 0.258 e. The van der Waals surface area contributed by atoms with Gasteiger partial charge in [0.1, 0.15) is 0 Å². The summed E-state index contributed by atoms with van der Waals surface area (Å²) in [6.07, 6.45) is 8.77. The van der Waals surface area contributed by atoms with Gasteiger partial charge in [-0.05, 0) is 80.2 Å². The number of likely N-dealkylation sites (tertiary alicyclic amines) is 1. The van der Waals surface area contributed by atoms with Gasteiger partial charge in [0.2, 0.25) is 10.0 Å². The summed E-state index contributed by atoms with van der Waals surface area (Å²) in [6, 6.07) is 22.9. The molecule has 7 nitrogen and oxygen atoms in total. The molecule has 214 valence electrons. The number of nitrogens with one attached hydrogen (secondary N) is 3. The van der Waals surface area contributed by atoms with Crippen LogP contribution in [0.1, 0.15) is 68.1 Å². The summed E-state index contributed by atoms with van der Waals surface area (Å²) in [6.45, 7) is 3.23. The minimum Gasteiger partial charge on any atom is -0.354 e. The molecule has 3 aliphatic rings. The fourth-order valence-electron chi connectivity index (χ4n) is 6.17. The fraction of sp³-hybridized carbons (Fsp3) is 0.364. The highest BCUT2D eigenvalue weighted by molar-refractivity contribution is 7.89. The number of sulfonamides is 1. The summed E-state index contributed by atoms with van der Waals surface area (Å²) in [7, 11) is -3.72. The lowest BCUT2D eigenvalue weighted by Crippen LogP contribution is -2.36. The first-order valence-electron chi connectivity index (χ1n) is 14.8. The number of piperidine rings is 1. The predicted molar refractivity (Wildman–Crippen MR) is 165 cm³/mol. The Labute approximate surface area is 243 Å². The summed E-state index contributed by atoms with van der Waals surface area (Å²) >= 11 is 0. The van der Waals surface area contributed by atoms with Gasteiger partial charge in [-0.3, -0.25) is 9.69 Å². The van der Waals surface area contributed by atoms with Crippen LogP contribution in [0.4, 0.5) is 11.4 Å². The maximum atomic E-state index is 13.4. The summed E-state index contributed by atoms with van der Waals surface area (Å²) < 4.78 is 29.6. The smallest absolute Gasteiger partial charge is 0.258 e. The van der Waals surface area contributed by atoms with Crippen LogP contribution in [0.15, 0.2) is 77.7 Å². The number of benzene rings is 3. The minimum atomic E-state index is -3.72. The van der Waals surface area contributed by atoms with Crippen molar-refractivity contribution < 1.29 is 13.2 Å². The van der Waals surface area contributed by atoms with Crippen LogP contribution in [0.25, 0.3) is 11.3 Å². The second-order valence-corrected chi connectivity index (χ2v) is 13.1. The second-order valence-electron chi connectivity index (χ2n) is 11.4. The van der Waals surface area contributed by atoms with Crippen molar-refractivity contribution in [2.45, 2.75) is 68.8 Å². The molecule has 0 spiro atoms. The maximum absolute atomic E-state index is 13.4. The van der Waals surface area contributed by atoms with Crippen molar-refractivity contribution in [3.63, 3.8) is 0 Å². The zero-order chi connectivity index (χ0) is 28.2. The van der Waals surface area contributed by atoms with Crippen LogP contribution in [-0.4, -0.2) is 38.4 Å². The Morgan fingerprint density at radius 1 is 0.854 bits per heavy atom. The van der Waals surface area contributed by atoms with Gasteiger partial charge in [-0.25, -0.2) is 13.1 Å². The van der Waals surface area contributed by atoms with Gasteiger partial charge in [-0.2, -0.15) is 0 Å². The molecule has 3 aromatic rings. The van der Waals surface area contributed by atoms with Gasteiger partial charge < -0.3 is 10.6 Å². The van der Waals surface area contributed by atoms with E-state index in [9.17, 15) is 13.2 Å². The van der Waals surface area contributed by atoms with Crippen molar-refractivity contribution in [1.29, 1.82) is 0 Å². The van der Waals surface area contributed by atoms with Crippen LogP contribution < -0.4 is 15.4 Å². The summed E-state index contributed by atoms with van der Waals surface area (Å²) in [4.78, 5) is 16.1. The molecule has 1 amide bonds. The van der Waals surface area contributed by atoms with Crippen molar-refractivity contribution in [3.05, 3.63) is 89.5 Å². The minimum absolute atomic E-state index is 0.0452. The number of nitrogens with zero attached hydrogens (tertiary/aromatic N) is 1. The third kappa shape index (κ3) is 6.40. The van der Waals surface area contributed by atoms with Crippen molar-refractivity contribution in [3.8, 4) is 0 Å². The van der Waals surface area contributed by atoms with Gasteiger partial charge in [0.15, 0.2) is 0 Å². The number of carbonyl (C=O) groups excluding carboxylic acids is 1. The molecule has 3 aromatic carbocycles. The number of hydrogen-bond donors (Lipinski definition) is 3. The molecule has 0 unspecified atom stereocenters. The Morgan fingerprint density at radius 2 is 1.56 bits per heavy atom. The molecule has 0 radical (unpaired) electrons. The molecule has 6 rings (SSSR count). The molecule has 2 aliphatic heterocycles. The third-order valence-corrected chi connectivity index (χ3v) is 9.88. The molecular formula is C33H38N4O3S. The average molecular weight is 571 g/mol. The molecule has 0 atom stereocenters. The standard InChI is InChI=1S/C33H38N4O3S/c38-33-31(29-22-28(18-19-30(29)35-33)41(39,40)36-27-12-6-2-7-13-27)32(25-10-4-1-5-11-25)34-26-16-14-24(15-17-26)23-37-20-8-3-9-21-37/h1,4-5,10-11,14-19,22,27,34,36H,2-3,6-9,12-13,20-21,23H2,(H,35,38)/b32-31-. The van der Waals surface area contributed by atoms with Crippen LogP contribution in [-0.2, 0) is 21.4 Å². The third-order valence-electron chi connectivity index (χ3n) is 8.36. The monoisotopic (exact) mass is 570 g/mol. The SMILES string of the molecule is O=C1Nc2ccc(S(=O)(=O)NC3CCCCC3)cc2/C1=C(/Nc1ccc(CN2CCCCC2)cc1)c1ccccc1. The van der Waals surface area contributed by atoms with Crippen molar-refractivity contribution in [2.75, 3.05) is 23.7 Å². The number of fused-ring (bicyclic) bond motifs is 1. The van der Waals surface area contributed by atoms with E-state index in [1.807, 2.05) is 42.5 Å². The largest absolute Gasteiger partial charge is 0.354 e. The zero-order valence-corrected chi connectivity index (χ0v) is 24.2. The molecule has 1 saturated carbocycles. The van der Waals surface area contributed by atoms with E-state index >= 15 is 0 Å². The van der Waals surface area contributed by atoms with Crippen LogP contribution in [0.5, 0.6) is 0 Å².